The second-order valence-electron chi connectivity index (χ2n) is 4.15. The molecule has 2 rings (SSSR count). The highest BCUT2D eigenvalue weighted by Crippen LogP contribution is 2.31. The van der Waals surface area contributed by atoms with Crippen molar-refractivity contribution in [2.24, 2.45) is 0 Å². The molecule has 0 fully saturated rings. The summed E-state index contributed by atoms with van der Waals surface area (Å²) in [5, 5.41) is 9.51. The third kappa shape index (κ3) is 3.01. The van der Waals surface area contributed by atoms with E-state index in [9.17, 15) is 14.7 Å². The van der Waals surface area contributed by atoms with Crippen LogP contribution in [0.2, 0.25) is 10.0 Å². The molecule has 1 N–H and O–H groups in total. The van der Waals surface area contributed by atoms with Crippen LogP contribution in [0.15, 0.2) is 36.4 Å². The van der Waals surface area contributed by atoms with Crippen LogP contribution in [0.25, 0.3) is 0 Å². The standard InChI is InChI=1S/C15H10Cl2O4/c1-21-14-10(15(19)20)6-8(7-12(14)17)13(18)9-4-2-3-5-11(9)16/h2-7H,1H3,(H,19,20). The van der Waals surface area contributed by atoms with Crippen molar-refractivity contribution >= 4 is 35.0 Å². The molecule has 0 aliphatic heterocycles. The van der Waals surface area contributed by atoms with Crippen LogP contribution >= 0.6 is 23.2 Å². The van der Waals surface area contributed by atoms with Gasteiger partial charge in [0.25, 0.3) is 0 Å². The van der Waals surface area contributed by atoms with Crippen LogP contribution in [-0.4, -0.2) is 24.0 Å². The van der Waals surface area contributed by atoms with Crippen LogP contribution in [0, 0.1) is 0 Å². The lowest BCUT2D eigenvalue weighted by molar-refractivity contribution is 0.0693. The average Bonchev–Trinajstić information content (AvgIpc) is 2.46. The largest absolute Gasteiger partial charge is 0.494 e. The fourth-order valence-corrected chi connectivity index (χ4v) is 2.41. The number of rotatable bonds is 4. The van der Waals surface area contributed by atoms with Crippen molar-refractivity contribution in [3.8, 4) is 5.75 Å². The van der Waals surface area contributed by atoms with Crippen molar-refractivity contribution in [1.29, 1.82) is 0 Å². The van der Waals surface area contributed by atoms with Gasteiger partial charge in [0, 0.05) is 11.1 Å². The molecule has 2 aromatic carbocycles. The maximum absolute atomic E-state index is 12.4. The molecule has 0 aliphatic rings. The summed E-state index contributed by atoms with van der Waals surface area (Å²) in [6, 6.07) is 9.09. The van der Waals surface area contributed by atoms with Gasteiger partial charge in [-0.3, -0.25) is 4.79 Å². The number of benzene rings is 2. The molecular formula is C15H10Cl2O4. The molecule has 4 nitrogen and oxygen atoms in total. The van der Waals surface area contributed by atoms with Crippen LogP contribution in [-0.2, 0) is 0 Å². The molecule has 0 saturated carbocycles. The number of ketones is 1. The van der Waals surface area contributed by atoms with Gasteiger partial charge in [-0.05, 0) is 24.3 Å². The van der Waals surface area contributed by atoms with Crippen molar-refractivity contribution in [3.05, 3.63) is 63.1 Å². The van der Waals surface area contributed by atoms with Gasteiger partial charge in [0.2, 0.25) is 0 Å². The predicted molar refractivity (Wildman–Crippen MR) is 79.8 cm³/mol. The molecule has 0 heterocycles. The number of carbonyl (C=O) groups is 2. The molecule has 2 aromatic rings. The molecule has 0 amide bonds. The highest BCUT2D eigenvalue weighted by atomic mass is 35.5. The highest BCUT2D eigenvalue weighted by Gasteiger charge is 2.20. The number of ether oxygens (including phenoxy) is 1. The maximum atomic E-state index is 12.4. The first-order chi connectivity index (χ1) is 9.95. The summed E-state index contributed by atoms with van der Waals surface area (Å²) < 4.78 is 4.95. The van der Waals surface area contributed by atoms with Gasteiger partial charge in [0.15, 0.2) is 11.5 Å². The van der Waals surface area contributed by atoms with E-state index in [-0.39, 0.29) is 32.5 Å². The van der Waals surface area contributed by atoms with E-state index in [1.807, 2.05) is 0 Å². The van der Waals surface area contributed by atoms with Gasteiger partial charge >= 0.3 is 5.97 Å². The van der Waals surface area contributed by atoms with Crippen LogP contribution in [0.4, 0.5) is 0 Å². The Morgan fingerprint density at radius 2 is 1.71 bits per heavy atom. The summed E-state index contributed by atoms with van der Waals surface area (Å²) in [5.74, 6) is -1.63. The molecule has 0 spiro atoms. The zero-order chi connectivity index (χ0) is 15.6. The van der Waals surface area contributed by atoms with Crippen LogP contribution in [0.5, 0.6) is 5.75 Å². The topological polar surface area (TPSA) is 63.6 Å². The zero-order valence-corrected chi connectivity index (χ0v) is 12.4. The smallest absolute Gasteiger partial charge is 0.339 e. The van der Waals surface area contributed by atoms with Crippen molar-refractivity contribution in [2.45, 2.75) is 0 Å². The first-order valence-corrected chi connectivity index (χ1v) is 6.61. The van der Waals surface area contributed by atoms with Gasteiger partial charge in [-0.1, -0.05) is 35.3 Å². The van der Waals surface area contributed by atoms with E-state index >= 15 is 0 Å². The SMILES string of the molecule is COc1c(Cl)cc(C(=O)c2ccccc2Cl)cc1C(=O)O. The first kappa shape index (κ1) is 15.4. The number of aromatic carboxylic acids is 1. The summed E-state index contributed by atoms with van der Waals surface area (Å²) in [6.07, 6.45) is 0. The van der Waals surface area contributed by atoms with Crippen LogP contribution in [0.3, 0.4) is 0 Å². The molecule has 0 aliphatic carbocycles. The summed E-state index contributed by atoms with van der Waals surface area (Å²) in [5.41, 5.74) is 0.225. The third-order valence-corrected chi connectivity index (χ3v) is 3.47. The molecule has 0 aromatic heterocycles. The minimum absolute atomic E-state index is 0.0138. The Morgan fingerprint density at radius 1 is 1.05 bits per heavy atom. The number of carbonyl (C=O) groups excluding carboxylic acids is 1. The molecule has 6 heteroatoms. The summed E-state index contributed by atoms with van der Waals surface area (Å²) in [4.78, 5) is 23.7. The van der Waals surface area contributed by atoms with E-state index in [1.54, 1.807) is 24.3 Å². The van der Waals surface area contributed by atoms with Crippen molar-refractivity contribution < 1.29 is 19.4 Å². The monoisotopic (exact) mass is 324 g/mol. The minimum Gasteiger partial charge on any atom is -0.494 e. The van der Waals surface area contributed by atoms with Crippen molar-refractivity contribution in [3.63, 3.8) is 0 Å². The first-order valence-electron chi connectivity index (χ1n) is 5.85. The quantitative estimate of drug-likeness (QED) is 0.865. The summed E-state index contributed by atoms with van der Waals surface area (Å²) >= 11 is 12.0. The summed E-state index contributed by atoms with van der Waals surface area (Å²) in [6.45, 7) is 0. The van der Waals surface area contributed by atoms with Gasteiger partial charge in [-0.15, -0.1) is 0 Å². The number of halogens is 2. The van der Waals surface area contributed by atoms with E-state index in [4.69, 9.17) is 27.9 Å². The summed E-state index contributed by atoms with van der Waals surface area (Å²) in [7, 11) is 1.31. The highest BCUT2D eigenvalue weighted by molar-refractivity contribution is 6.36. The van der Waals surface area contributed by atoms with Gasteiger partial charge in [0.05, 0.1) is 17.2 Å². The average molecular weight is 325 g/mol. The lowest BCUT2D eigenvalue weighted by Crippen LogP contribution is -2.07. The van der Waals surface area contributed by atoms with Crippen LogP contribution in [0.1, 0.15) is 26.3 Å². The van der Waals surface area contributed by atoms with E-state index in [2.05, 4.69) is 0 Å². The fraction of sp³-hybridized carbons (Fsp3) is 0.0667. The number of hydrogen-bond acceptors (Lipinski definition) is 3. The Labute approximate surface area is 130 Å². The number of hydrogen-bond donors (Lipinski definition) is 1. The number of carboxylic acids is 1. The Bertz CT molecular complexity index is 726. The van der Waals surface area contributed by atoms with Gasteiger partial charge in [-0.25, -0.2) is 4.79 Å². The Morgan fingerprint density at radius 3 is 2.29 bits per heavy atom. The Hall–Kier alpha value is -2.04. The lowest BCUT2D eigenvalue weighted by atomic mass is 10.0. The normalized spacial score (nSPS) is 10.2. The van der Waals surface area contributed by atoms with E-state index < -0.39 is 11.8 Å². The predicted octanol–water partition coefficient (Wildman–Crippen LogP) is 3.93. The van der Waals surface area contributed by atoms with Crippen molar-refractivity contribution in [1.82, 2.24) is 0 Å². The second-order valence-corrected chi connectivity index (χ2v) is 4.97. The molecule has 0 bridgehead atoms. The molecule has 0 saturated heterocycles. The molecular weight excluding hydrogens is 315 g/mol. The van der Waals surface area contributed by atoms with Crippen molar-refractivity contribution in [2.75, 3.05) is 7.11 Å². The zero-order valence-electron chi connectivity index (χ0n) is 10.9. The van der Waals surface area contributed by atoms with Gasteiger partial charge in [0.1, 0.15) is 5.56 Å². The van der Waals surface area contributed by atoms with Gasteiger partial charge < -0.3 is 9.84 Å². The minimum atomic E-state index is -1.23. The van der Waals surface area contributed by atoms with E-state index in [1.165, 1.54) is 19.2 Å². The van der Waals surface area contributed by atoms with Crippen LogP contribution < -0.4 is 4.74 Å². The fourth-order valence-electron chi connectivity index (χ4n) is 1.89. The molecule has 108 valence electrons. The van der Waals surface area contributed by atoms with E-state index in [0.717, 1.165) is 0 Å². The lowest BCUT2D eigenvalue weighted by Gasteiger charge is -2.10. The number of carboxylic acid groups (broad SMARTS) is 1. The maximum Gasteiger partial charge on any atom is 0.339 e. The molecule has 21 heavy (non-hydrogen) atoms. The molecule has 0 unspecified atom stereocenters. The second kappa shape index (κ2) is 6.16. The molecule has 0 atom stereocenters. The Kier molecular flexibility index (Phi) is 4.50. The van der Waals surface area contributed by atoms with Gasteiger partial charge in [-0.2, -0.15) is 0 Å². The Balaban J connectivity index is 2.58. The molecule has 0 radical (unpaired) electrons. The number of methoxy groups -OCH3 is 1. The third-order valence-electron chi connectivity index (χ3n) is 2.86. The van der Waals surface area contributed by atoms with E-state index in [0.29, 0.717) is 0 Å².